The first-order valence-electron chi connectivity index (χ1n) is 5.33. The van der Waals surface area contributed by atoms with Gasteiger partial charge in [0.2, 0.25) is 0 Å². The van der Waals surface area contributed by atoms with E-state index in [1.165, 1.54) is 18.3 Å². The van der Waals surface area contributed by atoms with E-state index in [0.717, 1.165) is 0 Å². The van der Waals surface area contributed by atoms with Gasteiger partial charge in [-0.2, -0.15) is 0 Å². The normalized spacial score (nSPS) is 11.2. The molecule has 0 aliphatic rings. The molecule has 0 aliphatic heterocycles. The summed E-state index contributed by atoms with van der Waals surface area (Å²) in [5.41, 5.74) is 2.56. The van der Waals surface area contributed by atoms with Gasteiger partial charge < -0.3 is 5.43 Å². The average molecular weight is 378 g/mol. The molecule has 2 rings (SSSR count). The standard InChI is InChI=1S/C11H10BrClN4O2S/c12-7-1-2-9(13)10(5-7)17-20(18,19)8-3-4-15-11(6-8)16-14/h1-6,17H,14H2,(H,15,16). The maximum absolute atomic E-state index is 12.3. The van der Waals surface area contributed by atoms with Crippen LogP contribution >= 0.6 is 27.5 Å². The highest BCUT2D eigenvalue weighted by Gasteiger charge is 2.16. The molecule has 6 nitrogen and oxygen atoms in total. The number of hydrazine groups is 1. The molecular weight excluding hydrogens is 368 g/mol. The van der Waals surface area contributed by atoms with Gasteiger partial charge in [0.15, 0.2) is 0 Å². The monoisotopic (exact) mass is 376 g/mol. The van der Waals surface area contributed by atoms with Crippen LogP contribution in [-0.4, -0.2) is 13.4 Å². The zero-order valence-corrected chi connectivity index (χ0v) is 13.1. The zero-order chi connectivity index (χ0) is 14.8. The first-order chi connectivity index (χ1) is 9.42. The van der Waals surface area contributed by atoms with Crippen LogP contribution in [0.5, 0.6) is 0 Å². The van der Waals surface area contributed by atoms with E-state index in [2.05, 4.69) is 31.1 Å². The number of benzene rings is 1. The van der Waals surface area contributed by atoms with Crippen molar-refractivity contribution in [2.45, 2.75) is 4.90 Å². The van der Waals surface area contributed by atoms with Gasteiger partial charge in [0.25, 0.3) is 10.0 Å². The first-order valence-corrected chi connectivity index (χ1v) is 7.98. The number of anilines is 2. The van der Waals surface area contributed by atoms with Gasteiger partial charge in [0.1, 0.15) is 5.82 Å². The number of hydrogen-bond donors (Lipinski definition) is 3. The van der Waals surface area contributed by atoms with Crippen molar-refractivity contribution in [3.63, 3.8) is 0 Å². The Bertz CT molecular complexity index is 739. The Labute approximate surface area is 129 Å². The summed E-state index contributed by atoms with van der Waals surface area (Å²) in [7, 11) is -3.78. The number of aromatic nitrogens is 1. The molecule has 0 radical (unpaired) electrons. The van der Waals surface area contributed by atoms with Crippen LogP contribution in [0.4, 0.5) is 11.5 Å². The Balaban J connectivity index is 2.38. The van der Waals surface area contributed by atoms with Gasteiger partial charge >= 0.3 is 0 Å². The fourth-order valence-electron chi connectivity index (χ4n) is 1.44. The molecule has 0 fully saturated rings. The van der Waals surface area contributed by atoms with Crippen LogP contribution in [-0.2, 0) is 10.0 Å². The number of nitrogen functional groups attached to an aromatic ring is 1. The van der Waals surface area contributed by atoms with Gasteiger partial charge in [-0.1, -0.05) is 27.5 Å². The molecule has 106 valence electrons. The van der Waals surface area contributed by atoms with Gasteiger partial charge in [0.05, 0.1) is 15.6 Å². The summed E-state index contributed by atoms with van der Waals surface area (Å²) in [5, 5.41) is 0.294. The highest BCUT2D eigenvalue weighted by molar-refractivity contribution is 9.10. The van der Waals surface area contributed by atoms with Crippen molar-refractivity contribution in [2.75, 3.05) is 10.1 Å². The third-order valence-corrected chi connectivity index (χ3v) is 4.55. The summed E-state index contributed by atoms with van der Waals surface area (Å²) < 4.78 is 27.6. The number of nitrogens with one attached hydrogen (secondary N) is 2. The molecule has 1 aromatic carbocycles. The molecule has 9 heteroatoms. The molecule has 0 amide bonds. The summed E-state index contributed by atoms with van der Waals surface area (Å²) in [6.07, 6.45) is 1.34. The molecule has 0 bridgehead atoms. The van der Waals surface area contributed by atoms with Gasteiger partial charge in [-0.25, -0.2) is 19.2 Å². The van der Waals surface area contributed by atoms with Crippen LogP contribution in [0.3, 0.4) is 0 Å². The molecular formula is C11H10BrClN4O2S. The Morgan fingerprint density at radius 2 is 2.00 bits per heavy atom. The van der Waals surface area contributed by atoms with Crippen LogP contribution in [0.2, 0.25) is 5.02 Å². The Hall–Kier alpha value is -1.35. The minimum atomic E-state index is -3.78. The van der Waals surface area contributed by atoms with E-state index < -0.39 is 10.0 Å². The predicted octanol–water partition coefficient (Wildman–Crippen LogP) is 2.58. The van der Waals surface area contributed by atoms with Crippen LogP contribution in [0.15, 0.2) is 45.9 Å². The number of pyridine rings is 1. The number of sulfonamides is 1. The predicted molar refractivity (Wildman–Crippen MR) is 82.0 cm³/mol. The molecule has 0 spiro atoms. The molecule has 0 saturated carbocycles. The summed E-state index contributed by atoms with van der Waals surface area (Å²) in [5.74, 6) is 5.45. The van der Waals surface area contributed by atoms with Crippen molar-refractivity contribution in [3.05, 3.63) is 46.0 Å². The quantitative estimate of drug-likeness (QED) is 0.562. The second-order valence-corrected chi connectivity index (χ2v) is 6.76. The smallest absolute Gasteiger partial charge is 0.262 e. The third-order valence-electron chi connectivity index (χ3n) is 2.36. The fourth-order valence-corrected chi connectivity index (χ4v) is 3.10. The maximum atomic E-state index is 12.3. The van der Waals surface area contributed by atoms with E-state index in [9.17, 15) is 8.42 Å². The highest BCUT2D eigenvalue weighted by atomic mass is 79.9. The molecule has 0 saturated heterocycles. The number of rotatable bonds is 4. The topological polar surface area (TPSA) is 97.1 Å². The first kappa shape index (κ1) is 15.0. The zero-order valence-electron chi connectivity index (χ0n) is 9.97. The molecule has 0 unspecified atom stereocenters. The van der Waals surface area contributed by atoms with Gasteiger partial charge in [0, 0.05) is 16.7 Å². The lowest BCUT2D eigenvalue weighted by atomic mass is 10.3. The van der Waals surface area contributed by atoms with Crippen molar-refractivity contribution in [2.24, 2.45) is 5.84 Å². The van der Waals surface area contributed by atoms with Gasteiger partial charge in [-0.3, -0.25) is 4.72 Å². The second kappa shape index (κ2) is 5.96. The number of nitrogens with two attached hydrogens (primary N) is 1. The van der Waals surface area contributed by atoms with Crippen LogP contribution in [0.25, 0.3) is 0 Å². The molecule has 20 heavy (non-hydrogen) atoms. The average Bonchev–Trinajstić information content (AvgIpc) is 2.43. The number of halogens is 2. The minimum Gasteiger partial charge on any atom is -0.308 e. The van der Waals surface area contributed by atoms with Crippen molar-refractivity contribution >= 4 is 49.1 Å². The lowest BCUT2D eigenvalue weighted by Gasteiger charge is -2.10. The SMILES string of the molecule is NNc1cc(S(=O)(=O)Nc2cc(Br)ccc2Cl)ccn1. The van der Waals surface area contributed by atoms with E-state index in [4.69, 9.17) is 17.4 Å². The van der Waals surface area contributed by atoms with Crippen LogP contribution in [0.1, 0.15) is 0 Å². The van der Waals surface area contributed by atoms with Crippen molar-refractivity contribution in [1.29, 1.82) is 0 Å². The van der Waals surface area contributed by atoms with Crippen LogP contribution in [0, 0.1) is 0 Å². The highest BCUT2D eigenvalue weighted by Crippen LogP contribution is 2.28. The van der Waals surface area contributed by atoms with E-state index in [1.54, 1.807) is 18.2 Å². The van der Waals surface area contributed by atoms with Gasteiger partial charge in [-0.15, -0.1) is 0 Å². The molecule has 2 aromatic rings. The van der Waals surface area contributed by atoms with Crippen LogP contribution < -0.4 is 16.0 Å². The van der Waals surface area contributed by atoms with Crippen molar-refractivity contribution < 1.29 is 8.42 Å². The summed E-state index contributed by atoms with van der Waals surface area (Å²) in [4.78, 5) is 3.87. The van der Waals surface area contributed by atoms with Gasteiger partial charge in [-0.05, 0) is 24.3 Å². The summed E-state index contributed by atoms with van der Waals surface area (Å²) >= 11 is 9.21. The lowest BCUT2D eigenvalue weighted by Crippen LogP contribution is -2.15. The number of hydrogen-bond acceptors (Lipinski definition) is 5. The Kier molecular flexibility index (Phi) is 4.48. The second-order valence-electron chi connectivity index (χ2n) is 3.75. The maximum Gasteiger partial charge on any atom is 0.262 e. The fraction of sp³-hybridized carbons (Fsp3) is 0. The Morgan fingerprint density at radius 1 is 1.25 bits per heavy atom. The number of nitrogens with zero attached hydrogens (tertiary/aromatic N) is 1. The molecule has 1 aromatic heterocycles. The summed E-state index contributed by atoms with van der Waals surface area (Å²) in [6, 6.07) is 7.54. The molecule has 4 N–H and O–H groups in total. The van der Waals surface area contributed by atoms with Crippen molar-refractivity contribution in [1.82, 2.24) is 4.98 Å². The minimum absolute atomic E-state index is 0.0245. The molecule has 0 aliphatic carbocycles. The van der Waals surface area contributed by atoms with E-state index in [1.807, 2.05) is 0 Å². The third kappa shape index (κ3) is 3.40. The van der Waals surface area contributed by atoms with E-state index in [-0.39, 0.29) is 16.4 Å². The largest absolute Gasteiger partial charge is 0.308 e. The van der Waals surface area contributed by atoms with E-state index in [0.29, 0.717) is 9.50 Å². The molecule has 1 heterocycles. The molecule has 0 atom stereocenters. The van der Waals surface area contributed by atoms with Crippen molar-refractivity contribution in [3.8, 4) is 0 Å². The van der Waals surface area contributed by atoms with E-state index >= 15 is 0 Å². The summed E-state index contributed by atoms with van der Waals surface area (Å²) in [6.45, 7) is 0. The Morgan fingerprint density at radius 3 is 2.70 bits per heavy atom. The lowest BCUT2D eigenvalue weighted by molar-refractivity contribution is 0.601.